The van der Waals surface area contributed by atoms with E-state index in [1.54, 1.807) is 0 Å². The number of nitrogens with one attached hydrogen (secondary N) is 2. The van der Waals surface area contributed by atoms with E-state index in [-0.39, 0.29) is 29.1 Å². The maximum Gasteiger partial charge on any atom is 0.416 e. The fraction of sp³-hybridized carbons (Fsp3) is 0.440. The molecule has 2 aromatic carbocycles. The summed E-state index contributed by atoms with van der Waals surface area (Å²) in [4.78, 5) is 17.0. The van der Waals surface area contributed by atoms with Crippen LogP contribution in [0.4, 0.5) is 18.9 Å². The molecule has 5 nitrogen and oxygen atoms in total. The van der Waals surface area contributed by atoms with Gasteiger partial charge in [0.1, 0.15) is 0 Å². The van der Waals surface area contributed by atoms with Gasteiger partial charge in [-0.05, 0) is 67.0 Å². The van der Waals surface area contributed by atoms with Gasteiger partial charge < -0.3 is 15.7 Å². The SMILES string of the molecule is CC(C)(C)c1ccccc1N/C(=N\C(=O)c1ccc(C(F)(F)F)cc1)N[C@H]1CC[C@H](O)CC1. The summed E-state index contributed by atoms with van der Waals surface area (Å²) in [7, 11) is 0. The molecule has 1 aliphatic carbocycles. The first-order valence-electron chi connectivity index (χ1n) is 11.0. The van der Waals surface area contributed by atoms with Gasteiger partial charge in [0.15, 0.2) is 0 Å². The van der Waals surface area contributed by atoms with Gasteiger partial charge in [-0.3, -0.25) is 4.79 Å². The smallest absolute Gasteiger partial charge is 0.393 e. The minimum Gasteiger partial charge on any atom is -0.393 e. The highest BCUT2D eigenvalue weighted by atomic mass is 19.4. The van der Waals surface area contributed by atoms with Crippen LogP contribution in [0.5, 0.6) is 0 Å². The molecule has 0 aromatic heterocycles. The fourth-order valence-electron chi connectivity index (χ4n) is 3.85. The van der Waals surface area contributed by atoms with Crippen LogP contribution in [-0.4, -0.2) is 29.1 Å². The molecule has 8 heteroatoms. The van der Waals surface area contributed by atoms with Crippen molar-refractivity contribution in [3.63, 3.8) is 0 Å². The minimum absolute atomic E-state index is 0.0156. The second-order valence-electron chi connectivity index (χ2n) is 9.41. The monoisotopic (exact) mass is 461 g/mol. The molecule has 0 heterocycles. The maximum atomic E-state index is 12.8. The molecule has 0 saturated heterocycles. The number of para-hydroxylation sites is 1. The normalized spacial score (nSPS) is 19.8. The molecule has 3 N–H and O–H groups in total. The van der Waals surface area contributed by atoms with E-state index in [2.05, 4.69) is 36.4 Å². The van der Waals surface area contributed by atoms with Gasteiger partial charge in [-0.25, -0.2) is 0 Å². The number of alkyl halides is 3. The van der Waals surface area contributed by atoms with E-state index >= 15 is 0 Å². The zero-order valence-electron chi connectivity index (χ0n) is 19.0. The Morgan fingerprint density at radius 2 is 1.58 bits per heavy atom. The van der Waals surface area contributed by atoms with Crippen LogP contribution in [0.1, 0.15) is 67.9 Å². The van der Waals surface area contributed by atoms with Crippen LogP contribution in [0.25, 0.3) is 0 Å². The second kappa shape index (κ2) is 9.95. The van der Waals surface area contributed by atoms with Crippen molar-refractivity contribution in [1.29, 1.82) is 0 Å². The van der Waals surface area contributed by atoms with Crippen molar-refractivity contribution >= 4 is 17.6 Å². The second-order valence-corrected chi connectivity index (χ2v) is 9.41. The van der Waals surface area contributed by atoms with E-state index in [1.807, 2.05) is 24.3 Å². The van der Waals surface area contributed by atoms with Gasteiger partial charge in [0.05, 0.1) is 11.7 Å². The molecule has 1 fully saturated rings. The molecule has 0 atom stereocenters. The number of anilines is 1. The first-order valence-corrected chi connectivity index (χ1v) is 11.0. The van der Waals surface area contributed by atoms with Crippen LogP contribution in [0.15, 0.2) is 53.5 Å². The molecule has 1 saturated carbocycles. The molecule has 1 amide bonds. The summed E-state index contributed by atoms with van der Waals surface area (Å²) in [5.74, 6) is -0.416. The van der Waals surface area contributed by atoms with E-state index in [1.165, 1.54) is 0 Å². The van der Waals surface area contributed by atoms with Crippen molar-refractivity contribution in [2.45, 2.75) is 70.2 Å². The third-order valence-corrected chi connectivity index (χ3v) is 5.70. The van der Waals surface area contributed by atoms with Gasteiger partial charge in [0.2, 0.25) is 5.96 Å². The third kappa shape index (κ3) is 6.81. The maximum absolute atomic E-state index is 12.8. The highest BCUT2D eigenvalue weighted by Crippen LogP contribution is 2.30. The predicted molar refractivity (Wildman–Crippen MR) is 123 cm³/mol. The Hall–Kier alpha value is -2.87. The van der Waals surface area contributed by atoms with Crippen LogP contribution in [0, 0.1) is 0 Å². The van der Waals surface area contributed by atoms with E-state index < -0.39 is 17.6 Å². The average molecular weight is 462 g/mol. The highest BCUT2D eigenvalue weighted by Gasteiger charge is 2.30. The van der Waals surface area contributed by atoms with Gasteiger partial charge >= 0.3 is 6.18 Å². The summed E-state index contributed by atoms with van der Waals surface area (Å²) in [6.45, 7) is 6.23. The van der Waals surface area contributed by atoms with Crippen LogP contribution in [0.3, 0.4) is 0 Å². The van der Waals surface area contributed by atoms with E-state index in [4.69, 9.17) is 0 Å². The summed E-state index contributed by atoms with van der Waals surface area (Å²) < 4.78 is 38.5. The van der Waals surface area contributed by atoms with Crippen molar-refractivity contribution < 1.29 is 23.1 Å². The number of aliphatic imine (C=N–C) groups is 1. The third-order valence-electron chi connectivity index (χ3n) is 5.70. The largest absolute Gasteiger partial charge is 0.416 e. The van der Waals surface area contributed by atoms with E-state index in [0.717, 1.165) is 48.4 Å². The number of nitrogens with zero attached hydrogens (tertiary/aromatic N) is 1. The number of hydrogen-bond donors (Lipinski definition) is 3. The van der Waals surface area contributed by atoms with E-state index in [9.17, 15) is 23.1 Å². The molecular formula is C25H30F3N3O2. The number of amides is 1. The number of carbonyl (C=O) groups is 1. The lowest BCUT2D eigenvalue weighted by molar-refractivity contribution is -0.137. The molecule has 33 heavy (non-hydrogen) atoms. The Balaban J connectivity index is 1.88. The predicted octanol–water partition coefficient (Wildman–Crippen LogP) is 5.50. The Bertz CT molecular complexity index is 987. The molecule has 1 aliphatic rings. The van der Waals surface area contributed by atoms with Gasteiger partial charge in [-0.1, -0.05) is 39.0 Å². The molecule has 0 aliphatic heterocycles. The Morgan fingerprint density at radius 3 is 2.15 bits per heavy atom. The van der Waals surface area contributed by atoms with Crippen molar-refractivity contribution in [1.82, 2.24) is 5.32 Å². The summed E-state index contributed by atoms with van der Waals surface area (Å²) >= 11 is 0. The number of halogens is 3. The number of carbonyl (C=O) groups excluding carboxylic acids is 1. The van der Waals surface area contributed by atoms with Crippen molar-refractivity contribution in [2.24, 2.45) is 4.99 Å². The number of rotatable bonds is 3. The Labute approximate surface area is 192 Å². The first-order chi connectivity index (χ1) is 15.4. The number of guanidine groups is 1. The van der Waals surface area contributed by atoms with Gasteiger partial charge in [0, 0.05) is 17.3 Å². The zero-order chi connectivity index (χ0) is 24.2. The minimum atomic E-state index is -4.47. The average Bonchev–Trinajstić information content (AvgIpc) is 2.74. The van der Waals surface area contributed by atoms with Crippen LogP contribution in [-0.2, 0) is 11.6 Å². The molecule has 3 rings (SSSR count). The summed E-state index contributed by atoms with van der Waals surface area (Å²) in [5.41, 5.74) is 0.890. The molecule has 0 unspecified atom stereocenters. The standard InChI is InChI=1S/C25H30F3N3O2/c1-24(2,3)20-6-4-5-7-21(20)30-23(29-18-12-14-19(32)15-13-18)31-22(33)16-8-10-17(11-9-16)25(26,27)28/h4-11,18-19,32H,12-15H2,1-3H3,(H2,29,30,31,33)/t18-,19-. The first kappa shape index (κ1) is 24.8. The van der Waals surface area contributed by atoms with Crippen LogP contribution >= 0.6 is 0 Å². The molecular weight excluding hydrogens is 431 g/mol. The van der Waals surface area contributed by atoms with E-state index in [0.29, 0.717) is 12.8 Å². The Morgan fingerprint density at radius 1 is 0.970 bits per heavy atom. The molecule has 0 bridgehead atoms. The number of hydrogen-bond acceptors (Lipinski definition) is 2. The molecule has 0 radical (unpaired) electrons. The van der Waals surface area contributed by atoms with Crippen molar-refractivity contribution in [3.05, 3.63) is 65.2 Å². The molecule has 0 spiro atoms. The number of benzene rings is 2. The van der Waals surface area contributed by atoms with Crippen LogP contribution < -0.4 is 10.6 Å². The van der Waals surface area contributed by atoms with Crippen molar-refractivity contribution in [3.8, 4) is 0 Å². The fourth-order valence-corrected chi connectivity index (χ4v) is 3.85. The van der Waals surface area contributed by atoms with Gasteiger partial charge in [-0.2, -0.15) is 18.2 Å². The summed E-state index contributed by atoms with van der Waals surface area (Å²) in [5, 5.41) is 16.3. The lowest BCUT2D eigenvalue weighted by Gasteiger charge is -2.29. The lowest BCUT2D eigenvalue weighted by atomic mass is 9.86. The summed E-state index contributed by atoms with van der Waals surface area (Å²) in [6.07, 6.45) is -2.06. The highest BCUT2D eigenvalue weighted by molar-refractivity contribution is 6.07. The number of aliphatic hydroxyl groups excluding tert-OH is 1. The Kier molecular flexibility index (Phi) is 7.47. The van der Waals surface area contributed by atoms with Gasteiger partial charge in [0.25, 0.3) is 5.91 Å². The quantitative estimate of drug-likeness (QED) is 0.417. The molecule has 178 valence electrons. The topological polar surface area (TPSA) is 73.7 Å². The lowest BCUT2D eigenvalue weighted by Crippen LogP contribution is -2.42. The zero-order valence-corrected chi connectivity index (χ0v) is 19.0. The molecule has 2 aromatic rings. The summed E-state index contributed by atoms with van der Waals surface area (Å²) in [6, 6.07) is 11.7. The van der Waals surface area contributed by atoms with Crippen LogP contribution in [0.2, 0.25) is 0 Å². The van der Waals surface area contributed by atoms with Gasteiger partial charge in [-0.15, -0.1) is 0 Å². The number of aliphatic hydroxyl groups is 1. The van der Waals surface area contributed by atoms with Crippen molar-refractivity contribution in [2.75, 3.05) is 5.32 Å².